The number of benzene rings is 4. The van der Waals surface area contributed by atoms with Crippen molar-refractivity contribution in [3.05, 3.63) is 118 Å². The molecule has 34 heavy (non-hydrogen) atoms. The van der Waals surface area contributed by atoms with Gasteiger partial charge >= 0.3 is 5.97 Å². The molecule has 0 spiro atoms. The van der Waals surface area contributed by atoms with Gasteiger partial charge in [0.25, 0.3) is 5.69 Å². The largest absolute Gasteiger partial charge is 0.451 e. The smallest absolute Gasteiger partial charge is 0.339 e. The van der Waals surface area contributed by atoms with Crippen molar-refractivity contribution in [2.45, 2.75) is 19.4 Å². The summed E-state index contributed by atoms with van der Waals surface area (Å²) >= 11 is 0. The van der Waals surface area contributed by atoms with E-state index in [1.165, 1.54) is 26.4 Å². The fraction of sp³-hybridized carbons (Fsp3) is 0.107. The van der Waals surface area contributed by atoms with Crippen LogP contribution in [0.1, 0.15) is 29.8 Å². The highest BCUT2D eigenvalue weighted by molar-refractivity contribution is 7.50. The summed E-state index contributed by atoms with van der Waals surface area (Å²) in [6, 6.07) is 30.6. The van der Waals surface area contributed by atoms with Crippen molar-refractivity contribution in [1.82, 2.24) is 0 Å². The van der Waals surface area contributed by atoms with Gasteiger partial charge in [0.15, 0.2) is 14.3 Å². The first-order valence-corrected chi connectivity index (χ1v) is 12.1. The van der Waals surface area contributed by atoms with E-state index in [0.717, 1.165) is 10.8 Å². The molecule has 4 aromatic carbocycles. The van der Waals surface area contributed by atoms with Gasteiger partial charge in [-0.3, -0.25) is 10.1 Å². The van der Waals surface area contributed by atoms with E-state index < -0.39 is 16.5 Å². The van der Waals surface area contributed by atoms with E-state index in [4.69, 9.17) is 4.74 Å². The normalized spacial score (nSPS) is 12.1. The summed E-state index contributed by atoms with van der Waals surface area (Å²) in [6.07, 6.45) is 0. The van der Waals surface area contributed by atoms with Crippen LogP contribution >= 0.6 is 10.5 Å². The molecule has 6 heteroatoms. The Morgan fingerprint density at radius 3 is 2.29 bits per heavy atom. The molecule has 0 radical (unpaired) electrons. The molecule has 1 atom stereocenters. The Kier molecular flexibility index (Phi) is 5.38. The Morgan fingerprint density at radius 2 is 1.53 bits per heavy atom. The van der Waals surface area contributed by atoms with Crippen LogP contribution < -0.4 is 0 Å². The summed E-state index contributed by atoms with van der Waals surface area (Å²) in [5.41, 5.74) is -0.0598. The third kappa shape index (κ3) is 3.82. The summed E-state index contributed by atoms with van der Waals surface area (Å²) in [6.45, 7) is 3.47. The number of hydrogen-bond donors (Lipinski definition) is 0. The first kappa shape index (κ1) is 21.8. The van der Waals surface area contributed by atoms with Crippen molar-refractivity contribution >= 4 is 42.3 Å². The standard InChI is InChI=1S/C28H22NO4S/c1-28(2,20-9-8-10-21(18-20)29(31)32)33-27(30)19-15-16-26-24(17-19)23-13-6-7-14-25(23)34(26)22-11-4-3-5-12-22/h3-18H,1-2H3/q+1. The maximum atomic E-state index is 13.2. The van der Waals surface area contributed by atoms with Crippen LogP contribution in [-0.4, -0.2) is 10.9 Å². The van der Waals surface area contributed by atoms with Crippen LogP contribution in [-0.2, 0) is 10.3 Å². The number of carbonyl (C=O) groups excluding carboxylic acids is 1. The molecule has 0 N–H and O–H groups in total. The maximum Gasteiger partial charge on any atom is 0.339 e. The third-order valence-corrected chi connectivity index (χ3v) is 8.25. The molecule has 0 bridgehead atoms. The van der Waals surface area contributed by atoms with Gasteiger partial charge in [-0.2, -0.15) is 0 Å². The van der Waals surface area contributed by atoms with Crippen LogP contribution in [0.25, 0.3) is 25.1 Å². The molecule has 168 valence electrons. The van der Waals surface area contributed by atoms with E-state index in [1.807, 2.05) is 42.5 Å². The number of carbonyl (C=O) groups is 1. The molecule has 1 unspecified atom stereocenters. The summed E-state index contributed by atoms with van der Waals surface area (Å²) in [7, 11) is -0.234. The number of nitro benzene ring substituents is 1. The molecule has 5 aromatic rings. The SMILES string of the molecule is CC(C)(OC(=O)c1ccc2c(c1)c1ccccc1[s+]2-c1ccccc1)c1cccc([N+](=O)[O-])c1. The van der Waals surface area contributed by atoms with Crippen LogP contribution in [0, 0.1) is 10.1 Å². The lowest BCUT2D eigenvalue weighted by Crippen LogP contribution is -2.25. The zero-order chi connectivity index (χ0) is 23.9. The van der Waals surface area contributed by atoms with E-state index in [1.54, 1.807) is 32.0 Å². The van der Waals surface area contributed by atoms with E-state index >= 15 is 0 Å². The molecule has 1 aromatic heterocycles. The second kappa shape index (κ2) is 8.39. The van der Waals surface area contributed by atoms with Crippen molar-refractivity contribution in [3.63, 3.8) is 0 Å². The number of rotatable bonds is 5. The van der Waals surface area contributed by atoms with Gasteiger partial charge in [0.05, 0.1) is 10.5 Å². The Morgan fingerprint density at radius 1 is 0.824 bits per heavy atom. The van der Waals surface area contributed by atoms with E-state index in [-0.39, 0.29) is 16.2 Å². The van der Waals surface area contributed by atoms with Gasteiger partial charge in [-0.1, -0.05) is 42.5 Å². The molecule has 0 amide bonds. The van der Waals surface area contributed by atoms with Gasteiger partial charge in [0.1, 0.15) is 5.60 Å². The highest BCUT2D eigenvalue weighted by Crippen LogP contribution is 2.48. The molecular weight excluding hydrogens is 446 g/mol. The Hall–Kier alpha value is -4.03. The van der Waals surface area contributed by atoms with E-state index in [2.05, 4.69) is 24.3 Å². The number of esters is 1. The number of nitro groups is 1. The molecule has 0 saturated heterocycles. The minimum absolute atomic E-state index is 0.0382. The van der Waals surface area contributed by atoms with Crippen LogP contribution in [0.4, 0.5) is 5.69 Å². The fourth-order valence-electron chi connectivity index (χ4n) is 4.19. The minimum atomic E-state index is -1.03. The zero-order valence-corrected chi connectivity index (χ0v) is 19.5. The number of hydrogen-bond acceptors (Lipinski definition) is 4. The van der Waals surface area contributed by atoms with Gasteiger partial charge in [-0.05, 0) is 56.3 Å². The predicted octanol–water partition coefficient (Wildman–Crippen LogP) is 7.73. The summed E-state index contributed by atoms with van der Waals surface area (Å²) in [4.78, 5) is 25.1. The van der Waals surface area contributed by atoms with Crippen molar-refractivity contribution < 1.29 is 14.5 Å². The lowest BCUT2D eigenvalue weighted by molar-refractivity contribution is -0.385. The Bertz CT molecular complexity index is 1550. The molecule has 5 rings (SSSR count). The summed E-state index contributed by atoms with van der Waals surface area (Å²) < 4.78 is 8.27. The summed E-state index contributed by atoms with van der Waals surface area (Å²) in [5, 5.41) is 13.3. The molecular formula is C28H22NO4S+. The molecule has 0 aliphatic carbocycles. The maximum absolute atomic E-state index is 13.2. The number of fused-ring (bicyclic) bond motifs is 3. The lowest BCUT2D eigenvalue weighted by Gasteiger charge is -2.25. The minimum Gasteiger partial charge on any atom is -0.451 e. The molecule has 0 saturated carbocycles. The first-order chi connectivity index (χ1) is 16.3. The van der Waals surface area contributed by atoms with Gasteiger partial charge in [-0.25, -0.2) is 4.79 Å². The topological polar surface area (TPSA) is 69.4 Å². The van der Waals surface area contributed by atoms with Crippen LogP contribution in [0.3, 0.4) is 0 Å². The van der Waals surface area contributed by atoms with Crippen molar-refractivity contribution in [2.24, 2.45) is 0 Å². The van der Waals surface area contributed by atoms with Gasteiger partial charge < -0.3 is 4.74 Å². The Balaban J connectivity index is 1.55. The number of ether oxygens (including phenoxy) is 1. The van der Waals surface area contributed by atoms with Gasteiger partial charge in [0, 0.05) is 38.9 Å². The predicted molar refractivity (Wildman–Crippen MR) is 137 cm³/mol. The number of non-ortho nitro benzene ring substituents is 1. The summed E-state index contributed by atoms with van der Waals surface area (Å²) in [5.74, 6) is -0.469. The molecule has 0 aliphatic heterocycles. The first-order valence-electron chi connectivity index (χ1n) is 10.9. The van der Waals surface area contributed by atoms with Crippen molar-refractivity contribution in [2.75, 3.05) is 0 Å². The van der Waals surface area contributed by atoms with Gasteiger partial charge in [-0.15, -0.1) is 0 Å². The van der Waals surface area contributed by atoms with Crippen molar-refractivity contribution in [1.29, 1.82) is 0 Å². The zero-order valence-electron chi connectivity index (χ0n) is 18.7. The highest BCUT2D eigenvalue weighted by Gasteiger charge is 2.29. The number of nitrogens with zero attached hydrogens (tertiary/aromatic N) is 1. The molecule has 5 nitrogen and oxygen atoms in total. The average molecular weight is 469 g/mol. The second-order valence-corrected chi connectivity index (χ2v) is 10.5. The molecule has 1 heterocycles. The van der Waals surface area contributed by atoms with Crippen LogP contribution in [0.5, 0.6) is 0 Å². The lowest BCUT2D eigenvalue weighted by atomic mass is 9.97. The van der Waals surface area contributed by atoms with E-state index in [0.29, 0.717) is 11.1 Å². The Labute approximate surface area is 199 Å². The molecule has 0 fully saturated rings. The second-order valence-electron chi connectivity index (χ2n) is 8.53. The van der Waals surface area contributed by atoms with Crippen LogP contribution in [0.15, 0.2) is 97.1 Å². The quantitative estimate of drug-likeness (QED) is 0.114. The van der Waals surface area contributed by atoms with Crippen molar-refractivity contribution in [3.8, 4) is 4.90 Å². The average Bonchev–Trinajstić information content (AvgIpc) is 3.18. The number of thiophene rings is 1. The van der Waals surface area contributed by atoms with E-state index in [9.17, 15) is 14.9 Å². The monoisotopic (exact) mass is 468 g/mol. The molecule has 0 aliphatic rings. The fourth-order valence-corrected chi connectivity index (χ4v) is 6.56. The van der Waals surface area contributed by atoms with Crippen LogP contribution in [0.2, 0.25) is 0 Å². The third-order valence-electron chi connectivity index (χ3n) is 5.91. The highest BCUT2D eigenvalue weighted by atomic mass is 32.2. The van der Waals surface area contributed by atoms with Gasteiger partial charge in [0.2, 0.25) is 0 Å².